The topological polar surface area (TPSA) is 84.5 Å². The molecule has 0 heterocycles. The van der Waals surface area contributed by atoms with Crippen LogP contribution in [0, 0.1) is 0 Å². The Morgan fingerprint density at radius 2 is 2.11 bits per heavy atom. The molecule has 1 aromatic carbocycles. The lowest BCUT2D eigenvalue weighted by atomic mass is 10.3. The zero-order valence-electron chi connectivity index (χ0n) is 10.6. The minimum Gasteiger partial charge on any atom is -0.495 e. The summed E-state index contributed by atoms with van der Waals surface area (Å²) in [6.07, 6.45) is 0.0754. The Morgan fingerprint density at radius 3 is 2.68 bits per heavy atom. The number of sulfonamides is 1. The molecule has 0 aliphatic rings. The van der Waals surface area contributed by atoms with Crippen LogP contribution in [0.4, 0.5) is 0 Å². The molecule has 0 aliphatic heterocycles. The van der Waals surface area contributed by atoms with Crippen molar-refractivity contribution in [2.24, 2.45) is 0 Å². The van der Waals surface area contributed by atoms with Crippen LogP contribution in [0.2, 0.25) is 0 Å². The smallest absolute Gasteiger partial charge is 0.244 e. The quantitative estimate of drug-likeness (QED) is 0.797. The highest BCUT2D eigenvalue weighted by Crippen LogP contribution is 2.26. The van der Waals surface area contributed by atoms with Crippen LogP contribution < -0.4 is 14.8 Å². The minimum atomic E-state index is -3.71. The highest BCUT2D eigenvalue weighted by atomic mass is 79.9. The Bertz CT molecular complexity index is 560. The summed E-state index contributed by atoms with van der Waals surface area (Å²) in [5, 5.41) is 2.42. The Morgan fingerprint density at radius 1 is 1.42 bits per heavy atom. The molecule has 0 atom stereocenters. The molecule has 1 amide bonds. The number of rotatable bonds is 6. The van der Waals surface area contributed by atoms with E-state index in [1.807, 2.05) is 0 Å². The van der Waals surface area contributed by atoms with Crippen LogP contribution >= 0.6 is 15.9 Å². The van der Waals surface area contributed by atoms with Crippen molar-refractivity contribution in [3.63, 3.8) is 0 Å². The van der Waals surface area contributed by atoms with Crippen LogP contribution in [-0.2, 0) is 14.8 Å². The molecule has 19 heavy (non-hydrogen) atoms. The van der Waals surface area contributed by atoms with Crippen LogP contribution in [0.15, 0.2) is 27.6 Å². The summed E-state index contributed by atoms with van der Waals surface area (Å²) in [5.74, 6) is 0.0135. The van der Waals surface area contributed by atoms with E-state index in [4.69, 9.17) is 4.74 Å². The fraction of sp³-hybridized carbons (Fsp3) is 0.364. The van der Waals surface area contributed by atoms with Crippen LogP contribution in [0.1, 0.15) is 6.42 Å². The van der Waals surface area contributed by atoms with E-state index in [0.717, 1.165) is 0 Å². The number of halogens is 1. The van der Waals surface area contributed by atoms with Crippen molar-refractivity contribution in [2.45, 2.75) is 11.3 Å². The largest absolute Gasteiger partial charge is 0.495 e. The standard InChI is InChI=1S/C11H15BrN2O4S/c1-13-11(15)5-6-14-19(16,17)10-7-8(12)3-4-9(10)18-2/h3-4,7,14H,5-6H2,1-2H3,(H,13,15). The van der Waals surface area contributed by atoms with Gasteiger partial charge in [-0.05, 0) is 18.2 Å². The van der Waals surface area contributed by atoms with E-state index < -0.39 is 10.0 Å². The zero-order chi connectivity index (χ0) is 14.5. The molecule has 0 saturated heterocycles. The Labute approximate surface area is 120 Å². The van der Waals surface area contributed by atoms with Gasteiger partial charge in [-0.1, -0.05) is 15.9 Å². The molecule has 8 heteroatoms. The minimum absolute atomic E-state index is 0.0255. The van der Waals surface area contributed by atoms with Gasteiger partial charge in [0.25, 0.3) is 0 Å². The number of methoxy groups -OCH3 is 1. The molecule has 0 aromatic heterocycles. The van der Waals surface area contributed by atoms with Crippen molar-refractivity contribution in [3.8, 4) is 5.75 Å². The maximum absolute atomic E-state index is 12.1. The zero-order valence-corrected chi connectivity index (χ0v) is 13.0. The number of hydrogen-bond donors (Lipinski definition) is 2. The summed E-state index contributed by atoms with van der Waals surface area (Å²) in [4.78, 5) is 11.1. The lowest BCUT2D eigenvalue weighted by Gasteiger charge is -2.10. The highest BCUT2D eigenvalue weighted by molar-refractivity contribution is 9.10. The number of carbonyl (C=O) groups excluding carboxylic acids is 1. The van der Waals surface area contributed by atoms with Gasteiger partial charge in [-0.15, -0.1) is 0 Å². The second-order valence-electron chi connectivity index (χ2n) is 3.62. The maximum Gasteiger partial charge on any atom is 0.244 e. The first kappa shape index (κ1) is 15.9. The number of nitrogens with one attached hydrogen (secondary N) is 2. The van der Waals surface area contributed by atoms with Crippen molar-refractivity contribution in [2.75, 3.05) is 20.7 Å². The first-order chi connectivity index (χ1) is 8.90. The van der Waals surface area contributed by atoms with Gasteiger partial charge in [-0.3, -0.25) is 4.79 Å². The van der Waals surface area contributed by atoms with E-state index in [2.05, 4.69) is 26.0 Å². The van der Waals surface area contributed by atoms with Crippen LogP contribution in [0.25, 0.3) is 0 Å². The first-order valence-electron chi connectivity index (χ1n) is 5.44. The normalized spacial score (nSPS) is 11.1. The average Bonchev–Trinajstić information content (AvgIpc) is 2.38. The van der Waals surface area contributed by atoms with Crippen LogP contribution in [0.5, 0.6) is 5.75 Å². The highest BCUT2D eigenvalue weighted by Gasteiger charge is 2.19. The van der Waals surface area contributed by atoms with Crippen molar-refractivity contribution >= 4 is 31.9 Å². The summed E-state index contributed by atoms with van der Waals surface area (Å²) in [6, 6.07) is 4.68. The molecule has 2 N–H and O–H groups in total. The second kappa shape index (κ2) is 6.88. The molecular formula is C11H15BrN2O4S. The lowest BCUT2D eigenvalue weighted by molar-refractivity contribution is -0.120. The van der Waals surface area contributed by atoms with Gasteiger partial charge in [-0.2, -0.15) is 0 Å². The number of carbonyl (C=O) groups is 1. The van der Waals surface area contributed by atoms with Crippen molar-refractivity contribution < 1.29 is 17.9 Å². The predicted molar refractivity (Wildman–Crippen MR) is 74.6 cm³/mol. The summed E-state index contributed by atoms with van der Waals surface area (Å²) in [5.41, 5.74) is 0. The predicted octanol–water partition coefficient (Wildman–Crippen LogP) is 0.872. The molecule has 0 bridgehead atoms. The molecule has 6 nitrogen and oxygen atoms in total. The Kier molecular flexibility index (Phi) is 5.77. The molecular weight excluding hydrogens is 336 g/mol. The van der Waals surface area contributed by atoms with Gasteiger partial charge >= 0.3 is 0 Å². The Hall–Kier alpha value is -1.12. The van der Waals surface area contributed by atoms with Crippen molar-refractivity contribution in [1.29, 1.82) is 0 Å². The fourth-order valence-electron chi connectivity index (χ4n) is 1.36. The van der Waals surface area contributed by atoms with E-state index in [0.29, 0.717) is 4.47 Å². The Balaban J connectivity index is 2.88. The molecule has 106 valence electrons. The van der Waals surface area contributed by atoms with E-state index in [1.54, 1.807) is 12.1 Å². The molecule has 0 saturated carbocycles. The molecule has 0 aliphatic carbocycles. The van der Waals surface area contributed by atoms with Crippen molar-refractivity contribution in [3.05, 3.63) is 22.7 Å². The van der Waals surface area contributed by atoms with Gasteiger partial charge < -0.3 is 10.1 Å². The third-order valence-corrected chi connectivity index (χ3v) is 4.31. The van der Waals surface area contributed by atoms with Gasteiger partial charge in [0.05, 0.1) is 7.11 Å². The third kappa shape index (κ3) is 4.48. The van der Waals surface area contributed by atoms with E-state index in [-0.39, 0.29) is 29.5 Å². The monoisotopic (exact) mass is 350 g/mol. The van der Waals surface area contributed by atoms with E-state index >= 15 is 0 Å². The molecule has 0 unspecified atom stereocenters. The lowest BCUT2D eigenvalue weighted by Crippen LogP contribution is -2.29. The van der Waals surface area contributed by atoms with E-state index in [1.165, 1.54) is 20.2 Å². The SMILES string of the molecule is CNC(=O)CCNS(=O)(=O)c1cc(Br)ccc1OC. The molecule has 1 aromatic rings. The third-order valence-electron chi connectivity index (χ3n) is 2.34. The first-order valence-corrected chi connectivity index (χ1v) is 7.72. The molecule has 1 rings (SSSR count). The second-order valence-corrected chi connectivity index (χ2v) is 6.27. The maximum atomic E-state index is 12.1. The van der Waals surface area contributed by atoms with Gasteiger partial charge in [0, 0.05) is 24.5 Å². The van der Waals surface area contributed by atoms with Gasteiger partial charge in [-0.25, -0.2) is 13.1 Å². The average molecular weight is 351 g/mol. The summed E-state index contributed by atoms with van der Waals surface area (Å²) < 4.78 is 32.2. The van der Waals surface area contributed by atoms with Gasteiger partial charge in [0.1, 0.15) is 10.6 Å². The van der Waals surface area contributed by atoms with Crippen LogP contribution in [-0.4, -0.2) is 35.0 Å². The van der Waals surface area contributed by atoms with Gasteiger partial charge in [0.2, 0.25) is 15.9 Å². The molecule has 0 fully saturated rings. The van der Waals surface area contributed by atoms with Crippen molar-refractivity contribution in [1.82, 2.24) is 10.0 Å². The summed E-state index contributed by atoms with van der Waals surface area (Å²) >= 11 is 3.21. The number of hydrogen-bond acceptors (Lipinski definition) is 4. The number of benzene rings is 1. The molecule has 0 spiro atoms. The number of ether oxygens (including phenoxy) is 1. The fourth-order valence-corrected chi connectivity index (χ4v) is 3.10. The number of amides is 1. The van der Waals surface area contributed by atoms with Crippen LogP contribution in [0.3, 0.4) is 0 Å². The van der Waals surface area contributed by atoms with Gasteiger partial charge in [0.15, 0.2) is 0 Å². The molecule has 0 radical (unpaired) electrons. The van der Waals surface area contributed by atoms with E-state index in [9.17, 15) is 13.2 Å². The summed E-state index contributed by atoms with van der Waals surface area (Å²) in [6.45, 7) is 0.0255. The summed E-state index contributed by atoms with van der Waals surface area (Å²) in [7, 11) is -0.825.